The van der Waals surface area contributed by atoms with Crippen LogP contribution in [0.2, 0.25) is 0 Å². The topological polar surface area (TPSA) is 108 Å². The van der Waals surface area contributed by atoms with Crippen molar-refractivity contribution in [3.05, 3.63) is 11.5 Å². The number of rotatable bonds is 5. The van der Waals surface area contributed by atoms with E-state index >= 15 is 0 Å². The maximum atomic E-state index is 12.7. The van der Waals surface area contributed by atoms with Crippen LogP contribution in [0.3, 0.4) is 0 Å². The summed E-state index contributed by atoms with van der Waals surface area (Å²) in [6, 6.07) is 1.98. The van der Waals surface area contributed by atoms with Gasteiger partial charge < -0.3 is 9.42 Å². The van der Waals surface area contributed by atoms with Gasteiger partial charge in [-0.2, -0.15) is 9.57 Å². The van der Waals surface area contributed by atoms with Gasteiger partial charge in [-0.3, -0.25) is 4.79 Å². The molecular weight excluding hydrogens is 332 g/mol. The number of hydrogen-bond acceptors (Lipinski definition) is 6. The first-order valence-electron chi connectivity index (χ1n) is 7.91. The molecule has 1 aromatic heterocycles. The molecule has 1 aromatic rings. The lowest BCUT2D eigenvalue weighted by Gasteiger charge is -2.32. The molecule has 0 atom stereocenters. The Bertz CT molecular complexity index is 723. The number of piperidine rings is 1. The number of aryl methyl sites for hydroxylation is 2. The van der Waals surface area contributed by atoms with Crippen molar-refractivity contribution in [2.75, 3.05) is 26.2 Å². The Kier molecular flexibility index (Phi) is 5.62. The summed E-state index contributed by atoms with van der Waals surface area (Å²) in [6.07, 6.45) is 0.896. The minimum absolute atomic E-state index is 0.0624. The molecule has 8 nitrogen and oxygen atoms in total. The highest BCUT2D eigenvalue weighted by atomic mass is 32.2. The smallest absolute Gasteiger partial charge is 0.248 e. The maximum absolute atomic E-state index is 12.7. The van der Waals surface area contributed by atoms with Gasteiger partial charge >= 0.3 is 0 Å². The fourth-order valence-electron chi connectivity index (χ4n) is 3.00. The summed E-state index contributed by atoms with van der Waals surface area (Å²) in [7, 11) is -3.67. The van der Waals surface area contributed by atoms with Crippen LogP contribution in [-0.2, 0) is 14.8 Å². The Balaban J connectivity index is 2.08. The van der Waals surface area contributed by atoms with Gasteiger partial charge in [0.25, 0.3) is 0 Å². The third-order valence-electron chi connectivity index (χ3n) is 4.32. The molecule has 0 aromatic carbocycles. The van der Waals surface area contributed by atoms with Crippen LogP contribution in [0.15, 0.2) is 9.42 Å². The Morgan fingerprint density at radius 1 is 1.42 bits per heavy atom. The Morgan fingerprint density at radius 3 is 2.50 bits per heavy atom. The summed E-state index contributed by atoms with van der Waals surface area (Å²) in [6.45, 7) is 6.08. The molecule has 1 aliphatic heterocycles. The standard InChI is InChI=1S/C15H22N4O4S/c1-4-18(10-7-16)15(20)13-5-8-19(9-6-13)24(21,22)14-11(2)17-23-12(14)3/h13H,4-6,8-10H2,1-3H3. The number of nitriles is 1. The van der Waals surface area contributed by atoms with Crippen molar-refractivity contribution < 1.29 is 17.7 Å². The van der Waals surface area contributed by atoms with Crippen LogP contribution < -0.4 is 0 Å². The molecule has 2 rings (SSSR count). The summed E-state index contributed by atoms with van der Waals surface area (Å²) in [5.74, 6) is -0.0419. The lowest BCUT2D eigenvalue weighted by molar-refractivity contribution is -0.135. The van der Waals surface area contributed by atoms with Gasteiger partial charge in [-0.1, -0.05) is 5.16 Å². The van der Waals surface area contributed by atoms with E-state index < -0.39 is 10.0 Å². The first kappa shape index (κ1) is 18.4. The summed E-state index contributed by atoms with van der Waals surface area (Å²) in [4.78, 5) is 14.0. The fraction of sp³-hybridized carbons (Fsp3) is 0.667. The molecule has 1 aliphatic rings. The summed E-state index contributed by atoms with van der Waals surface area (Å²) >= 11 is 0. The van der Waals surface area contributed by atoms with Gasteiger partial charge in [0, 0.05) is 25.6 Å². The molecule has 1 fully saturated rings. The second-order valence-corrected chi connectivity index (χ2v) is 7.72. The number of aromatic nitrogens is 1. The second kappa shape index (κ2) is 7.32. The second-order valence-electron chi connectivity index (χ2n) is 5.84. The quantitative estimate of drug-likeness (QED) is 0.732. The fourth-order valence-corrected chi connectivity index (χ4v) is 4.77. The van der Waals surface area contributed by atoms with Crippen LogP contribution in [0, 0.1) is 31.1 Å². The van der Waals surface area contributed by atoms with Crippen molar-refractivity contribution in [3.8, 4) is 6.07 Å². The van der Waals surface area contributed by atoms with Gasteiger partial charge in [0.1, 0.15) is 17.1 Å². The van der Waals surface area contributed by atoms with Gasteiger partial charge in [-0.25, -0.2) is 8.42 Å². The van der Waals surface area contributed by atoms with Gasteiger partial charge in [0.2, 0.25) is 15.9 Å². The van der Waals surface area contributed by atoms with E-state index in [1.807, 2.05) is 13.0 Å². The van der Waals surface area contributed by atoms with E-state index in [1.165, 1.54) is 9.21 Å². The van der Waals surface area contributed by atoms with Crippen LogP contribution in [0.1, 0.15) is 31.2 Å². The van der Waals surface area contributed by atoms with Crippen LogP contribution in [0.5, 0.6) is 0 Å². The summed E-state index contributed by atoms with van der Waals surface area (Å²) in [5.41, 5.74) is 0.344. The molecule has 132 valence electrons. The van der Waals surface area contributed by atoms with E-state index in [1.54, 1.807) is 13.8 Å². The van der Waals surface area contributed by atoms with Crippen LogP contribution in [-0.4, -0.2) is 54.9 Å². The third kappa shape index (κ3) is 3.44. The number of carbonyl (C=O) groups excluding carboxylic acids is 1. The molecule has 1 amide bonds. The molecule has 24 heavy (non-hydrogen) atoms. The van der Waals surface area contributed by atoms with Crippen molar-refractivity contribution in [3.63, 3.8) is 0 Å². The normalized spacial score (nSPS) is 16.8. The van der Waals surface area contributed by atoms with Crippen molar-refractivity contribution in [1.29, 1.82) is 5.26 Å². The minimum Gasteiger partial charge on any atom is -0.360 e. The van der Waals surface area contributed by atoms with E-state index in [0.717, 1.165) is 0 Å². The van der Waals surface area contributed by atoms with Gasteiger partial charge in [-0.05, 0) is 33.6 Å². The third-order valence-corrected chi connectivity index (χ3v) is 6.47. The predicted molar refractivity (Wildman–Crippen MR) is 85.3 cm³/mol. The first-order valence-corrected chi connectivity index (χ1v) is 9.35. The Morgan fingerprint density at radius 2 is 2.04 bits per heavy atom. The maximum Gasteiger partial charge on any atom is 0.248 e. The molecule has 0 radical (unpaired) electrons. The number of amides is 1. The zero-order valence-electron chi connectivity index (χ0n) is 14.2. The minimum atomic E-state index is -3.67. The van der Waals surface area contributed by atoms with Crippen LogP contribution in [0.25, 0.3) is 0 Å². The van der Waals surface area contributed by atoms with E-state index in [9.17, 15) is 13.2 Å². The summed E-state index contributed by atoms with van der Waals surface area (Å²) in [5, 5.41) is 12.5. The number of hydrogen-bond donors (Lipinski definition) is 0. The number of carbonyl (C=O) groups is 1. The van der Waals surface area contributed by atoms with Crippen LogP contribution >= 0.6 is 0 Å². The Hall–Kier alpha value is -1.92. The van der Waals surface area contributed by atoms with Gasteiger partial charge in [0.15, 0.2) is 5.76 Å². The lowest BCUT2D eigenvalue weighted by Crippen LogP contribution is -2.44. The van der Waals surface area contributed by atoms with E-state index in [0.29, 0.717) is 25.1 Å². The molecule has 1 saturated heterocycles. The molecule has 9 heteroatoms. The molecule has 0 saturated carbocycles. The van der Waals surface area contributed by atoms with E-state index in [2.05, 4.69) is 5.16 Å². The molecular formula is C15H22N4O4S. The largest absolute Gasteiger partial charge is 0.360 e. The average Bonchev–Trinajstić information content (AvgIpc) is 2.91. The SMILES string of the molecule is CCN(CC#N)C(=O)C1CCN(S(=O)(=O)c2c(C)noc2C)CC1. The zero-order chi connectivity index (χ0) is 17.9. The highest BCUT2D eigenvalue weighted by Gasteiger charge is 2.36. The molecule has 2 heterocycles. The highest BCUT2D eigenvalue weighted by molar-refractivity contribution is 7.89. The van der Waals surface area contributed by atoms with Crippen molar-refractivity contribution >= 4 is 15.9 Å². The van der Waals surface area contributed by atoms with Crippen molar-refractivity contribution in [2.24, 2.45) is 5.92 Å². The van der Waals surface area contributed by atoms with Crippen molar-refractivity contribution in [2.45, 2.75) is 38.5 Å². The number of nitrogens with zero attached hydrogens (tertiary/aromatic N) is 4. The highest BCUT2D eigenvalue weighted by Crippen LogP contribution is 2.28. The van der Waals surface area contributed by atoms with Crippen molar-refractivity contribution in [1.82, 2.24) is 14.4 Å². The predicted octanol–water partition coefficient (Wildman–Crippen LogP) is 1.06. The van der Waals surface area contributed by atoms with Gasteiger partial charge in [-0.15, -0.1) is 0 Å². The molecule has 0 N–H and O–H groups in total. The molecule has 0 unspecified atom stereocenters. The summed E-state index contributed by atoms with van der Waals surface area (Å²) < 4.78 is 31.8. The molecule has 0 spiro atoms. The zero-order valence-corrected chi connectivity index (χ0v) is 15.0. The van der Waals surface area contributed by atoms with Gasteiger partial charge in [0.05, 0.1) is 6.07 Å². The average molecular weight is 354 g/mol. The Labute approximate surface area is 142 Å². The molecule has 0 bridgehead atoms. The molecule has 0 aliphatic carbocycles. The first-order chi connectivity index (χ1) is 11.3. The van der Waals surface area contributed by atoms with Crippen LogP contribution in [0.4, 0.5) is 0 Å². The monoisotopic (exact) mass is 354 g/mol. The van der Waals surface area contributed by atoms with E-state index in [-0.39, 0.29) is 42.1 Å². The number of sulfonamides is 1. The lowest BCUT2D eigenvalue weighted by atomic mass is 9.96. The van der Waals surface area contributed by atoms with E-state index in [4.69, 9.17) is 9.78 Å².